The van der Waals surface area contributed by atoms with Crippen LogP contribution in [0.25, 0.3) is 6.08 Å². The van der Waals surface area contributed by atoms with Crippen LogP contribution in [0.2, 0.25) is 0 Å². The van der Waals surface area contributed by atoms with Crippen molar-refractivity contribution in [2.24, 2.45) is 0 Å². The van der Waals surface area contributed by atoms with E-state index in [1.54, 1.807) is 20.3 Å². The number of hydrogen-bond donors (Lipinski definition) is 1. The topological polar surface area (TPSA) is 54.0 Å². The summed E-state index contributed by atoms with van der Waals surface area (Å²) >= 11 is 0. The van der Waals surface area contributed by atoms with E-state index >= 15 is 0 Å². The maximum Gasteiger partial charge on any atom is 0.243 e. The maximum atomic E-state index is 12.1. The molecule has 1 N–H and O–H groups in total. The molecule has 1 amide bonds. The Morgan fingerprint density at radius 3 is 2.00 bits per heavy atom. The van der Waals surface area contributed by atoms with Gasteiger partial charge in [-0.15, -0.1) is 0 Å². The first-order chi connectivity index (χ1) is 18.7. The van der Waals surface area contributed by atoms with Gasteiger partial charge in [-0.3, -0.25) is 9.69 Å². The van der Waals surface area contributed by atoms with Crippen molar-refractivity contribution < 1.29 is 14.3 Å². The second-order valence-electron chi connectivity index (χ2n) is 9.51. The third-order valence-electron chi connectivity index (χ3n) is 7.07. The van der Waals surface area contributed by atoms with Gasteiger partial charge in [0.1, 0.15) is 11.5 Å². The second kappa shape index (κ2) is 14.4. The number of para-hydroxylation sites is 2. The molecule has 3 aromatic carbocycles. The standard InChI is InChI=1S/C32H39N3O3/c1-37-29-16-8-6-14-27(29)32(28-15-7-9-17-30(28)38-2)35-24-22-34(23-25-35)21-11-10-20-33-31(36)19-18-26-12-4-3-5-13-26/h3-9,12-19,32H,10-11,20-25H2,1-2H3,(H,33,36)/b19-18+. The zero-order chi connectivity index (χ0) is 26.6. The monoisotopic (exact) mass is 513 g/mol. The Hall–Kier alpha value is -3.61. The third kappa shape index (κ3) is 7.46. The molecule has 0 spiro atoms. The van der Waals surface area contributed by atoms with Crippen molar-refractivity contribution >= 4 is 12.0 Å². The number of methoxy groups -OCH3 is 2. The van der Waals surface area contributed by atoms with Crippen LogP contribution >= 0.6 is 0 Å². The number of nitrogens with one attached hydrogen (secondary N) is 1. The molecule has 0 aromatic heterocycles. The molecule has 0 saturated carbocycles. The minimum absolute atomic E-state index is 0.0406. The summed E-state index contributed by atoms with van der Waals surface area (Å²) in [4.78, 5) is 17.1. The summed E-state index contributed by atoms with van der Waals surface area (Å²) in [5, 5.41) is 2.99. The van der Waals surface area contributed by atoms with E-state index in [4.69, 9.17) is 9.47 Å². The van der Waals surface area contributed by atoms with Crippen molar-refractivity contribution in [1.82, 2.24) is 15.1 Å². The average molecular weight is 514 g/mol. The predicted octanol–water partition coefficient (Wildman–Crippen LogP) is 5.02. The Morgan fingerprint density at radius 2 is 1.39 bits per heavy atom. The first kappa shape index (κ1) is 27.4. The number of carbonyl (C=O) groups excluding carboxylic acids is 1. The molecule has 3 aromatic rings. The van der Waals surface area contributed by atoms with E-state index in [0.717, 1.165) is 73.8 Å². The zero-order valence-corrected chi connectivity index (χ0v) is 22.5. The summed E-state index contributed by atoms with van der Waals surface area (Å²) in [5.74, 6) is 1.75. The fourth-order valence-electron chi connectivity index (χ4n) is 5.06. The molecule has 1 heterocycles. The van der Waals surface area contributed by atoms with Crippen LogP contribution in [0, 0.1) is 0 Å². The van der Waals surface area contributed by atoms with Gasteiger partial charge in [0.15, 0.2) is 0 Å². The smallest absolute Gasteiger partial charge is 0.243 e. The number of nitrogens with zero attached hydrogens (tertiary/aromatic N) is 2. The quantitative estimate of drug-likeness (QED) is 0.272. The summed E-state index contributed by atoms with van der Waals surface area (Å²) < 4.78 is 11.5. The molecule has 1 aliphatic rings. The van der Waals surface area contributed by atoms with Crippen LogP contribution in [0.1, 0.15) is 35.6 Å². The molecule has 1 saturated heterocycles. The van der Waals surface area contributed by atoms with Crippen LogP contribution in [-0.2, 0) is 4.79 Å². The molecule has 200 valence electrons. The number of benzene rings is 3. The molecule has 0 radical (unpaired) electrons. The second-order valence-corrected chi connectivity index (χ2v) is 9.51. The number of carbonyl (C=O) groups is 1. The highest BCUT2D eigenvalue weighted by Gasteiger charge is 2.30. The molecule has 1 fully saturated rings. The number of unbranched alkanes of at least 4 members (excludes halogenated alkanes) is 1. The Balaban J connectivity index is 1.27. The fraction of sp³-hybridized carbons (Fsp3) is 0.344. The molecule has 6 nitrogen and oxygen atoms in total. The molecule has 0 atom stereocenters. The number of amides is 1. The highest BCUT2D eigenvalue weighted by Crippen LogP contribution is 2.39. The number of rotatable bonds is 12. The van der Waals surface area contributed by atoms with Crippen LogP contribution in [0.15, 0.2) is 84.9 Å². The molecule has 4 rings (SSSR count). The van der Waals surface area contributed by atoms with Crippen molar-refractivity contribution in [2.45, 2.75) is 18.9 Å². The third-order valence-corrected chi connectivity index (χ3v) is 7.07. The first-order valence-electron chi connectivity index (χ1n) is 13.4. The number of piperazine rings is 1. The summed E-state index contributed by atoms with van der Waals surface area (Å²) in [6, 6.07) is 26.5. The van der Waals surface area contributed by atoms with Crippen molar-refractivity contribution in [3.8, 4) is 11.5 Å². The van der Waals surface area contributed by atoms with Crippen molar-refractivity contribution in [2.75, 3.05) is 53.5 Å². The van der Waals surface area contributed by atoms with E-state index in [1.165, 1.54) is 0 Å². The Bertz CT molecular complexity index is 1130. The fourth-order valence-corrected chi connectivity index (χ4v) is 5.06. The van der Waals surface area contributed by atoms with Crippen LogP contribution in [0.4, 0.5) is 0 Å². The first-order valence-corrected chi connectivity index (χ1v) is 13.4. The largest absolute Gasteiger partial charge is 0.496 e. The van der Waals surface area contributed by atoms with Gasteiger partial charge in [0.2, 0.25) is 5.91 Å². The van der Waals surface area contributed by atoms with Gasteiger partial charge >= 0.3 is 0 Å². The SMILES string of the molecule is COc1ccccc1C(c1ccccc1OC)N1CCN(CCCCNC(=O)/C=C/c2ccccc2)CC1. The van der Waals surface area contributed by atoms with Gasteiger partial charge in [-0.25, -0.2) is 0 Å². The van der Waals surface area contributed by atoms with E-state index in [-0.39, 0.29) is 11.9 Å². The summed E-state index contributed by atoms with van der Waals surface area (Å²) in [6.07, 6.45) is 5.48. The van der Waals surface area contributed by atoms with Gasteiger partial charge in [-0.1, -0.05) is 66.7 Å². The van der Waals surface area contributed by atoms with E-state index < -0.39 is 0 Å². The van der Waals surface area contributed by atoms with Gasteiger partial charge < -0.3 is 19.7 Å². The van der Waals surface area contributed by atoms with Gasteiger partial charge in [-0.05, 0) is 43.2 Å². The molecule has 38 heavy (non-hydrogen) atoms. The lowest BCUT2D eigenvalue weighted by Crippen LogP contribution is -2.48. The van der Waals surface area contributed by atoms with Crippen molar-refractivity contribution in [3.05, 3.63) is 102 Å². The molecular formula is C32H39N3O3. The molecule has 6 heteroatoms. The van der Waals surface area contributed by atoms with Crippen LogP contribution in [-0.4, -0.2) is 69.2 Å². The summed E-state index contributed by atoms with van der Waals surface area (Å²) in [7, 11) is 3.47. The van der Waals surface area contributed by atoms with Crippen LogP contribution in [0.5, 0.6) is 11.5 Å². The van der Waals surface area contributed by atoms with Crippen LogP contribution < -0.4 is 14.8 Å². The lowest BCUT2D eigenvalue weighted by atomic mass is 9.94. The van der Waals surface area contributed by atoms with Gasteiger partial charge in [0, 0.05) is 49.9 Å². The summed E-state index contributed by atoms with van der Waals surface area (Å²) in [6.45, 7) is 5.67. The average Bonchev–Trinajstić information content (AvgIpc) is 2.98. The highest BCUT2D eigenvalue weighted by molar-refractivity contribution is 5.91. The van der Waals surface area contributed by atoms with Crippen molar-refractivity contribution in [3.63, 3.8) is 0 Å². The molecule has 1 aliphatic heterocycles. The summed E-state index contributed by atoms with van der Waals surface area (Å²) in [5.41, 5.74) is 3.34. The van der Waals surface area contributed by atoms with E-state index in [0.29, 0.717) is 6.54 Å². The minimum atomic E-state index is -0.0406. The zero-order valence-electron chi connectivity index (χ0n) is 22.5. The predicted molar refractivity (Wildman–Crippen MR) is 154 cm³/mol. The Labute approximate surface area is 226 Å². The van der Waals surface area contributed by atoms with Crippen LogP contribution in [0.3, 0.4) is 0 Å². The molecule has 0 unspecified atom stereocenters. The van der Waals surface area contributed by atoms with Gasteiger partial charge in [-0.2, -0.15) is 0 Å². The Kier molecular flexibility index (Phi) is 10.4. The van der Waals surface area contributed by atoms with Crippen molar-refractivity contribution in [1.29, 1.82) is 0 Å². The van der Waals surface area contributed by atoms with E-state index in [2.05, 4.69) is 39.4 Å². The lowest BCUT2D eigenvalue weighted by molar-refractivity contribution is -0.116. The maximum absolute atomic E-state index is 12.1. The van der Waals surface area contributed by atoms with Gasteiger partial charge in [0.05, 0.1) is 20.3 Å². The molecule has 0 bridgehead atoms. The number of hydrogen-bond acceptors (Lipinski definition) is 5. The molecule has 0 aliphatic carbocycles. The van der Waals surface area contributed by atoms with E-state index in [9.17, 15) is 4.79 Å². The minimum Gasteiger partial charge on any atom is -0.496 e. The van der Waals surface area contributed by atoms with E-state index in [1.807, 2.05) is 60.7 Å². The molecular weight excluding hydrogens is 474 g/mol. The highest BCUT2D eigenvalue weighted by atomic mass is 16.5. The normalized spacial score (nSPS) is 14.6. The number of ether oxygens (including phenoxy) is 2. The van der Waals surface area contributed by atoms with Gasteiger partial charge in [0.25, 0.3) is 0 Å². The lowest BCUT2D eigenvalue weighted by Gasteiger charge is -2.40. The Morgan fingerprint density at radius 1 is 0.816 bits per heavy atom.